The van der Waals surface area contributed by atoms with Crippen LogP contribution in [0.15, 0.2) is 30.3 Å². The van der Waals surface area contributed by atoms with Gasteiger partial charge in [0.25, 0.3) is 0 Å². The molecule has 0 bridgehead atoms. The molecular weight excluding hydrogens is 314 g/mol. The Bertz CT molecular complexity index is 559. The largest absolute Gasteiger partial charge is 0.301 e. The number of rotatable bonds is 6. The van der Waals surface area contributed by atoms with Crippen molar-refractivity contribution < 1.29 is 14.4 Å². The van der Waals surface area contributed by atoms with Crippen molar-refractivity contribution in [2.45, 2.75) is 38.7 Å². The zero-order valence-electron chi connectivity index (χ0n) is 13.0. The summed E-state index contributed by atoms with van der Waals surface area (Å²) in [6, 6.07) is 8.69. The van der Waals surface area contributed by atoms with Crippen LogP contribution in [0.3, 0.4) is 0 Å². The topological polar surface area (TPSA) is 79.5 Å². The van der Waals surface area contributed by atoms with Crippen LogP contribution >= 0.6 is 12.2 Å². The van der Waals surface area contributed by atoms with Gasteiger partial charge in [-0.05, 0) is 32.0 Å². The minimum atomic E-state index is -0.826. The lowest BCUT2D eigenvalue weighted by Gasteiger charge is -2.15. The number of benzene rings is 1. The lowest BCUT2D eigenvalue weighted by Crippen LogP contribution is -2.49. The number of amides is 1. The summed E-state index contributed by atoms with van der Waals surface area (Å²) in [4.78, 5) is 29.6. The third-order valence-corrected chi connectivity index (χ3v) is 3.98. The van der Waals surface area contributed by atoms with Gasteiger partial charge in [-0.25, -0.2) is 0 Å². The fraction of sp³-hybridized carbons (Fsp3) is 0.438. The fourth-order valence-corrected chi connectivity index (χ4v) is 2.53. The maximum Gasteiger partial charge on any atom is 0.236 e. The fourth-order valence-electron chi connectivity index (χ4n) is 2.39. The number of Topliss-reactive ketones (excluding diaryl/α,β-unsaturated/α-hetero) is 1. The highest BCUT2D eigenvalue weighted by molar-refractivity contribution is 7.80. The molecule has 0 heterocycles. The highest BCUT2D eigenvalue weighted by Gasteiger charge is 2.23. The second-order valence-electron chi connectivity index (χ2n) is 5.52. The van der Waals surface area contributed by atoms with Crippen LogP contribution < -0.4 is 16.3 Å². The summed E-state index contributed by atoms with van der Waals surface area (Å²) >= 11 is 5.00. The molecule has 2 rings (SSSR count). The Morgan fingerprint density at radius 1 is 1.22 bits per heavy atom. The van der Waals surface area contributed by atoms with Crippen LogP contribution in [0.25, 0.3) is 0 Å². The molecule has 1 saturated carbocycles. The molecule has 1 aliphatic carbocycles. The highest BCUT2D eigenvalue weighted by Crippen LogP contribution is 2.19. The smallest absolute Gasteiger partial charge is 0.236 e. The monoisotopic (exact) mass is 335 g/mol. The van der Waals surface area contributed by atoms with E-state index in [0.29, 0.717) is 5.56 Å². The molecule has 1 aromatic carbocycles. The summed E-state index contributed by atoms with van der Waals surface area (Å²) < 4.78 is 0. The molecule has 0 saturated heterocycles. The van der Waals surface area contributed by atoms with Gasteiger partial charge < -0.3 is 5.32 Å². The van der Waals surface area contributed by atoms with E-state index in [-0.39, 0.29) is 17.0 Å². The van der Waals surface area contributed by atoms with Gasteiger partial charge in [-0.2, -0.15) is 0 Å². The van der Waals surface area contributed by atoms with Crippen LogP contribution in [0.4, 0.5) is 0 Å². The average Bonchev–Trinajstić information content (AvgIpc) is 3.07. The van der Waals surface area contributed by atoms with Crippen LogP contribution in [-0.4, -0.2) is 22.9 Å². The number of carbonyl (C=O) groups is 2. The van der Waals surface area contributed by atoms with Gasteiger partial charge in [-0.15, -0.1) is 5.59 Å². The van der Waals surface area contributed by atoms with Gasteiger partial charge >= 0.3 is 0 Å². The van der Waals surface area contributed by atoms with Gasteiger partial charge in [0.1, 0.15) is 0 Å². The number of ketones is 1. The van der Waals surface area contributed by atoms with Crippen molar-refractivity contribution in [3.8, 4) is 0 Å². The van der Waals surface area contributed by atoms with Gasteiger partial charge in [-0.3, -0.25) is 19.9 Å². The molecule has 3 N–H and O–H groups in total. The first kappa shape index (κ1) is 17.5. The molecular formula is C16H21N3O3S. The summed E-state index contributed by atoms with van der Waals surface area (Å²) in [6.07, 6.45) is 4.51. The predicted octanol–water partition coefficient (Wildman–Crippen LogP) is 1.87. The Labute approximate surface area is 140 Å². The van der Waals surface area contributed by atoms with E-state index >= 15 is 0 Å². The predicted molar refractivity (Wildman–Crippen MR) is 90.3 cm³/mol. The summed E-state index contributed by atoms with van der Waals surface area (Å²) in [5.74, 6) is -1.53. The molecule has 1 amide bonds. The summed E-state index contributed by atoms with van der Waals surface area (Å²) in [5, 5.41) is 2.54. The zero-order valence-corrected chi connectivity index (χ0v) is 13.8. The van der Waals surface area contributed by atoms with Crippen molar-refractivity contribution in [1.82, 2.24) is 16.3 Å². The second-order valence-corrected chi connectivity index (χ2v) is 5.93. The van der Waals surface area contributed by atoms with Crippen molar-refractivity contribution in [2.75, 3.05) is 0 Å². The number of hydrogen-bond acceptors (Lipinski definition) is 5. The van der Waals surface area contributed by atoms with E-state index in [1.807, 2.05) is 6.07 Å². The Balaban J connectivity index is 1.74. The molecule has 1 atom stereocenters. The molecule has 23 heavy (non-hydrogen) atoms. The number of thiocarbonyl (C=S) groups is 1. The van der Waals surface area contributed by atoms with Crippen LogP contribution in [0.5, 0.6) is 0 Å². The first-order valence-electron chi connectivity index (χ1n) is 7.68. The zero-order chi connectivity index (χ0) is 16.7. The van der Waals surface area contributed by atoms with Crippen molar-refractivity contribution >= 4 is 29.0 Å². The Hall–Kier alpha value is -1.83. The molecule has 1 unspecified atom stereocenters. The summed E-state index contributed by atoms with van der Waals surface area (Å²) in [7, 11) is 0. The number of hydrogen-bond donors (Lipinski definition) is 3. The summed E-state index contributed by atoms with van der Waals surface area (Å²) in [5.41, 5.74) is 5.63. The lowest BCUT2D eigenvalue weighted by molar-refractivity contribution is -0.121. The maximum atomic E-state index is 12.2. The normalized spacial score (nSPS) is 15.9. The molecule has 124 valence electrons. The lowest BCUT2D eigenvalue weighted by atomic mass is 9.99. The van der Waals surface area contributed by atoms with Crippen molar-refractivity contribution in [3.05, 3.63) is 35.9 Å². The Morgan fingerprint density at radius 2 is 1.87 bits per heavy atom. The molecule has 6 nitrogen and oxygen atoms in total. The molecule has 1 fully saturated rings. The van der Waals surface area contributed by atoms with Crippen LogP contribution in [0.1, 0.15) is 43.0 Å². The molecule has 1 aliphatic rings. The van der Waals surface area contributed by atoms with Gasteiger partial charge in [0.05, 0.1) is 12.0 Å². The number of hydrazine groups is 1. The molecule has 7 heteroatoms. The SMILES string of the molecule is CC(C(=O)NC(=S)NNOC1CCCC1)C(=O)c1ccccc1. The van der Waals surface area contributed by atoms with E-state index in [1.165, 1.54) is 0 Å². The third kappa shape index (κ3) is 5.38. The van der Waals surface area contributed by atoms with Crippen LogP contribution in [-0.2, 0) is 9.63 Å². The second kappa shape index (κ2) is 8.71. The molecule has 0 aliphatic heterocycles. The van der Waals surface area contributed by atoms with E-state index in [2.05, 4.69) is 16.3 Å². The third-order valence-electron chi connectivity index (χ3n) is 3.77. The Morgan fingerprint density at radius 3 is 2.52 bits per heavy atom. The maximum absolute atomic E-state index is 12.2. The van der Waals surface area contributed by atoms with Crippen LogP contribution in [0, 0.1) is 5.92 Å². The van der Waals surface area contributed by atoms with Crippen molar-refractivity contribution in [3.63, 3.8) is 0 Å². The molecule has 0 radical (unpaired) electrons. The van der Waals surface area contributed by atoms with Gasteiger partial charge in [0.15, 0.2) is 10.9 Å². The minimum absolute atomic E-state index is 0.0701. The summed E-state index contributed by atoms with van der Waals surface area (Å²) in [6.45, 7) is 1.55. The van der Waals surface area contributed by atoms with Gasteiger partial charge in [0, 0.05) is 5.56 Å². The van der Waals surface area contributed by atoms with Gasteiger partial charge in [-0.1, -0.05) is 43.2 Å². The Kier molecular flexibility index (Phi) is 6.64. The van der Waals surface area contributed by atoms with E-state index in [1.54, 1.807) is 31.2 Å². The quantitative estimate of drug-likeness (QED) is 0.319. The minimum Gasteiger partial charge on any atom is -0.301 e. The molecule has 0 spiro atoms. The first-order chi connectivity index (χ1) is 11.1. The number of nitrogens with one attached hydrogen (secondary N) is 3. The average molecular weight is 335 g/mol. The number of carbonyl (C=O) groups excluding carboxylic acids is 2. The van der Waals surface area contributed by atoms with Crippen molar-refractivity contribution in [2.24, 2.45) is 5.92 Å². The highest BCUT2D eigenvalue weighted by atomic mass is 32.1. The first-order valence-corrected chi connectivity index (χ1v) is 8.09. The van der Waals surface area contributed by atoms with E-state index in [4.69, 9.17) is 17.1 Å². The van der Waals surface area contributed by atoms with Crippen LogP contribution in [0.2, 0.25) is 0 Å². The van der Waals surface area contributed by atoms with Crippen molar-refractivity contribution in [1.29, 1.82) is 0 Å². The molecule has 0 aromatic heterocycles. The van der Waals surface area contributed by atoms with E-state index in [9.17, 15) is 9.59 Å². The van der Waals surface area contributed by atoms with Gasteiger partial charge in [0.2, 0.25) is 5.91 Å². The van der Waals surface area contributed by atoms with E-state index in [0.717, 1.165) is 25.7 Å². The standard InChI is InChI=1S/C16H21N3O3S/c1-11(14(20)12-7-3-2-4-8-12)15(21)17-16(23)18-19-22-13-9-5-6-10-13/h2-4,7-8,11,13,19H,5-6,9-10H2,1H3,(H2,17,18,21,23). The molecule has 1 aromatic rings. The van der Waals surface area contributed by atoms with E-state index < -0.39 is 11.8 Å².